The smallest absolute Gasteiger partial charge is 0.393 e. The van der Waals surface area contributed by atoms with Crippen LogP contribution < -0.4 is 5.32 Å². The van der Waals surface area contributed by atoms with Crippen LogP contribution in [-0.4, -0.2) is 30.8 Å². The SMILES string of the molecule is COC(=O)C(C)(C)NC1CCCCC1C(F)(F)F. The first-order valence-corrected chi connectivity index (χ1v) is 6.11. The van der Waals surface area contributed by atoms with Crippen LogP contribution in [0.1, 0.15) is 39.5 Å². The number of esters is 1. The van der Waals surface area contributed by atoms with Gasteiger partial charge < -0.3 is 4.74 Å². The monoisotopic (exact) mass is 267 g/mol. The van der Waals surface area contributed by atoms with E-state index in [1.54, 1.807) is 13.8 Å². The number of rotatable bonds is 3. The van der Waals surface area contributed by atoms with Gasteiger partial charge in [-0.25, -0.2) is 0 Å². The number of methoxy groups -OCH3 is 1. The van der Waals surface area contributed by atoms with E-state index >= 15 is 0 Å². The molecule has 0 saturated heterocycles. The van der Waals surface area contributed by atoms with Crippen molar-refractivity contribution >= 4 is 5.97 Å². The Labute approximate surface area is 105 Å². The quantitative estimate of drug-likeness (QED) is 0.799. The fraction of sp³-hybridized carbons (Fsp3) is 0.917. The van der Waals surface area contributed by atoms with Crippen LogP contribution in [0.25, 0.3) is 0 Å². The number of hydrogen-bond acceptors (Lipinski definition) is 3. The Morgan fingerprint density at radius 2 is 1.78 bits per heavy atom. The molecule has 1 rings (SSSR count). The maximum Gasteiger partial charge on any atom is 0.393 e. The van der Waals surface area contributed by atoms with E-state index in [1.807, 2.05) is 0 Å². The molecule has 0 aromatic rings. The molecule has 1 aliphatic rings. The minimum absolute atomic E-state index is 0.123. The largest absolute Gasteiger partial charge is 0.468 e. The number of hydrogen-bond donors (Lipinski definition) is 1. The minimum Gasteiger partial charge on any atom is -0.468 e. The van der Waals surface area contributed by atoms with Gasteiger partial charge in [0.2, 0.25) is 0 Å². The van der Waals surface area contributed by atoms with Crippen molar-refractivity contribution in [2.45, 2.75) is 57.3 Å². The summed E-state index contributed by atoms with van der Waals surface area (Å²) in [5, 5.41) is 2.81. The van der Waals surface area contributed by atoms with E-state index in [4.69, 9.17) is 0 Å². The van der Waals surface area contributed by atoms with Crippen molar-refractivity contribution in [3.05, 3.63) is 0 Å². The van der Waals surface area contributed by atoms with Gasteiger partial charge in [-0.3, -0.25) is 10.1 Å². The first-order chi connectivity index (χ1) is 8.18. The minimum atomic E-state index is -4.22. The topological polar surface area (TPSA) is 38.3 Å². The van der Waals surface area contributed by atoms with Gasteiger partial charge in [-0.15, -0.1) is 0 Å². The van der Waals surface area contributed by atoms with Gasteiger partial charge in [-0.1, -0.05) is 12.8 Å². The summed E-state index contributed by atoms with van der Waals surface area (Å²) in [7, 11) is 1.23. The normalized spacial score (nSPS) is 25.9. The maximum absolute atomic E-state index is 12.9. The van der Waals surface area contributed by atoms with Crippen molar-refractivity contribution in [3.8, 4) is 0 Å². The third-order valence-electron chi connectivity index (χ3n) is 3.43. The molecule has 1 fully saturated rings. The van der Waals surface area contributed by atoms with E-state index in [9.17, 15) is 18.0 Å². The first-order valence-electron chi connectivity index (χ1n) is 6.11. The van der Waals surface area contributed by atoms with Crippen molar-refractivity contribution in [2.75, 3.05) is 7.11 Å². The Hall–Kier alpha value is -0.780. The molecule has 2 atom stereocenters. The molecule has 0 aromatic carbocycles. The molecule has 18 heavy (non-hydrogen) atoms. The summed E-state index contributed by atoms with van der Waals surface area (Å²) in [6.45, 7) is 3.09. The molecule has 0 spiro atoms. The summed E-state index contributed by atoms with van der Waals surface area (Å²) in [6.07, 6.45) is -2.32. The van der Waals surface area contributed by atoms with Crippen LogP contribution in [0.5, 0.6) is 0 Å². The van der Waals surface area contributed by atoms with Gasteiger partial charge in [0.15, 0.2) is 0 Å². The van der Waals surface area contributed by atoms with Crippen LogP contribution in [0.3, 0.4) is 0 Å². The van der Waals surface area contributed by atoms with E-state index in [0.717, 1.165) is 6.42 Å². The van der Waals surface area contributed by atoms with Crippen molar-refractivity contribution in [2.24, 2.45) is 5.92 Å². The summed E-state index contributed by atoms with van der Waals surface area (Å²) in [5.41, 5.74) is -1.10. The Balaban J connectivity index is 2.77. The second-order valence-electron chi connectivity index (χ2n) is 5.30. The molecule has 0 aliphatic heterocycles. The molecular formula is C12H20F3NO2. The van der Waals surface area contributed by atoms with Gasteiger partial charge in [0.05, 0.1) is 13.0 Å². The summed E-state index contributed by atoms with van der Waals surface area (Å²) in [4.78, 5) is 11.5. The number of ether oxygens (including phenoxy) is 1. The lowest BCUT2D eigenvalue weighted by Crippen LogP contribution is -2.57. The van der Waals surface area contributed by atoms with E-state index in [0.29, 0.717) is 12.8 Å². The van der Waals surface area contributed by atoms with Gasteiger partial charge in [-0.2, -0.15) is 13.2 Å². The molecular weight excluding hydrogens is 247 g/mol. The number of nitrogens with one attached hydrogen (secondary N) is 1. The molecule has 1 aliphatic carbocycles. The zero-order valence-electron chi connectivity index (χ0n) is 10.9. The van der Waals surface area contributed by atoms with Crippen LogP contribution in [0.4, 0.5) is 13.2 Å². The Morgan fingerprint density at radius 1 is 1.22 bits per heavy atom. The van der Waals surface area contributed by atoms with E-state index < -0.39 is 29.6 Å². The molecule has 0 heterocycles. The van der Waals surface area contributed by atoms with Crippen molar-refractivity contribution in [1.29, 1.82) is 0 Å². The summed E-state index contributed by atoms with van der Waals surface area (Å²) >= 11 is 0. The summed E-state index contributed by atoms with van der Waals surface area (Å²) in [6, 6.07) is -0.715. The highest BCUT2D eigenvalue weighted by atomic mass is 19.4. The molecule has 1 N–H and O–H groups in total. The van der Waals surface area contributed by atoms with Crippen LogP contribution in [-0.2, 0) is 9.53 Å². The predicted octanol–water partition coefficient (Wildman–Crippen LogP) is 2.65. The number of halogens is 3. The molecule has 6 heteroatoms. The van der Waals surface area contributed by atoms with Gasteiger partial charge in [0, 0.05) is 6.04 Å². The van der Waals surface area contributed by atoms with E-state index in [-0.39, 0.29) is 6.42 Å². The van der Waals surface area contributed by atoms with Gasteiger partial charge in [0.25, 0.3) is 0 Å². The van der Waals surface area contributed by atoms with Gasteiger partial charge >= 0.3 is 12.1 Å². The second kappa shape index (κ2) is 5.47. The third-order valence-corrected chi connectivity index (χ3v) is 3.43. The average Bonchev–Trinajstić information content (AvgIpc) is 2.26. The zero-order valence-corrected chi connectivity index (χ0v) is 10.9. The van der Waals surface area contributed by atoms with Crippen LogP contribution >= 0.6 is 0 Å². The van der Waals surface area contributed by atoms with Crippen LogP contribution in [0, 0.1) is 5.92 Å². The number of alkyl halides is 3. The van der Waals surface area contributed by atoms with E-state index in [2.05, 4.69) is 10.1 Å². The lowest BCUT2D eigenvalue weighted by Gasteiger charge is -2.38. The standard InChI is InChI=1S/C12H20F3NO2/c1-11(2,10(17)18-3)16-9-7-5-4-6-8(9)12(13,14)15/h8-9,16H,4-7H2,1-3H3. The first kappa shape index (κ1) is 15.3. The average molecular weight is 267 g/mol. The molecule has 1 saturated carbocycles. The Bertz CT molecular complexity index is 302. The molecule has 0 bridgehead atoms. The maximum atomic E-state index is 12.9. The molecule has 3 nitrogen and oxygen atoms in total. The summed E-state index contributed by atoms with van der Waals surface area (Å²) in [5.74, 6) is -1.93. The highest BCUT2D eigenvalue weighted by Crippen LogP contribution is 2.38. The second-order valence-corrected chi connectivity index (χ2v) is 5.30. The molecule has 0 amide bonds. The van der Waals surface area contributed by atoms with Gasteiger partial charge in [0.1, 0.15) is 5.54 Å². The highest BCUT2D eigenvalue weighted by molar-refractivity contribution is 5.79. The molecule has 2 unspecified atom stereocenters. The lowest BCUT2D eigenvalue weighted by molar-refractivity contribution is -0.191. The number of carbonyl (C=O) groups excluding carboxylic acids is 1. The van der Waals surface area contributed by atoms with Crippen LogP contribution in [0.2, 0.25) is 0 Å². The highest BCUT2D eigenvalue weighted by Gasteiger charge is 2.47. The fourth-order valence-electron chi connectivity index (χ4n) is 2.47. The predicted molar refractivity (Wildman–Crippen MR) is 61.0 cm³/mol. The van der Waals surface area contributed by atoms with Crippen molar-refractivity contribution in [3.63, 3.8) is 0 Å². The van der Waals surface area contributed by atoms with Crippen LogP contribution in [0.15, 0.2) is 0 Å². The molecule has 0 radical (unpaired) electrons. The third kappa shape index (κ3) is 3.60. The lowest BCUT2D eigenvalue weighted by atomic mass is 9.82. The fourth-order valence-corrected chi connectivity index (χ4v) is 2.47. The molecule has 0 aromatic heterocycles. The Kier molecular flexibility index (Phi) is 4.64. The number of carbonyl (C=O) groups is 1. The Morgan fingerprint density at radius 3 is 2.28 bits per heavy atom. The van der Waals surface area contributed by atoms with Crippen molar-refractivity contribution in [1.82, 2.24) is 5.32 Å². The van der Waals surface area contributed by atoms with Crippen molar-refractivity contribution < 1.29 is 22.7 Å². The summed E-state index contributed by atoms with van der Waals surface area (Å²) < 4.78 is 43.3. The van der Waals surface area contributed by atoms with Gasteiger partial charge in [-0.05, 0) is 26.7 Å². The van der Waals surface area contributed by atoms with E-state index in [1.165, 1.54) is 7.11 Å². The molecule has 106 valence electrons. The zero-order chi connectivity index (χ0) is 14.0.